The maximum Gasteiger partial charge on any atom is 0.342 e. The molecule has 0 spiro atoms. The van der Waals surface area contributed by atoms with E-state index in [1.165, 1.54) is 20.3 Å². The molecule has 0 bridgehead atoms. The van der Waals surface area contributed by atoms with Crippen LogP contribution in [-0.2, 0) is 4.79 Å². The first-order chi connectivity index (χ1) is 16.4. The van der Waals surface area contributed by atoms with E-state index in [9.17, 15) is 9.90 Å². The zero-order chi connectivity index (χ0) is 24.2. The number of rotatable bonds is 8. The van der Waals surface area contributed by atoms with E-state index in [-0.39, 0.29) is 16.0 Å². The van der Waals surface area contributed by atoms with Gasteiger partial charge in [0.15, 0.2) is 0 Å². The number of benzene rings is 2. The van der Waals surface area contributed by atoms with Crippen molar-refractivity contribution in [3.63, 3.8) is 0 Å². The number of ether oxygens (including phenoxy) is 2. The van der Waals surface area contributed by atoms with E-state index in [1.54, 1.807) is 30.3 Å². The van der Waals surface area contributed by atoms with Crippen LogP contribution in [0.2, 0.25) is 0 Å². The van der Waals surface area contributed by atoms with Crippen molar-refractivity contribution in [2.75, 3.05) is 14.2 Å². The second-order valence-corrected chi connectivity index (χ2v) is 8.92. The number of nitrogens with zero attached hydrogens (tertiary/aromatic N) is 2. The molecule has 4 rings (SSSR count). The Morgan fingerprint density at radius 2 is 1.76 bits per heavy atom. The number of carbonyl (C=O) groups is 1. The van der Waals surface area contributed by atoms with Gasteiger partial charge >= 0.3 is 5.97 Å². The van der Waals surface area contributed by atoms with Crippen molar-refractivity contribution >= 4 is 39.7 Å². The molecule has 0 amide bonds. The summed E-state index contributed by atoms with van der Waals surface area (Å²) in [4.78, 5) is 11.8. The van der Waals surface area contributed by atoms with E-state index < -0.39 is 5.97 Å². The predicted molar refractivity (Wildman–Crippen MR) is 131 cm³/mol. The van der Waals surface area contributed by atoms with Crippen molar-refractivity contribution in [2.24, 2.45) is 0 Å². The molecule has 0 aliphatic heterocycles. The molecule has 10 heteroatoms. The lowest BCUT2D eigenvalue weighted by atomic mass is 10.1. The van der Waals surface area contributed by atoms with Crippen LogP contribution < -0.4 is 9.47 Å². The lowest BCUT2D eigenvalue weighted by Gasteiger charge is -2.05. The first-order valence-electron chi connectivity index (χ1n) is 9.92. The zero-order valence-corrected chi connectivity index (χ0v) is 20.8. The van der Waals surface area contributed by atoms with Crippen molar-refractivity contribution in [1.29, 1.82) is 0 Å². The van der Waals surface area contributed by atoms with Gasteiger partial charge in [0.1, 0.15) is 27.9 Å². The van der Waals surface area contributed by atoms with Crippen LogP contribution in [0, 0.1) is 6.92 Å². The average Bonchev–Trinajstić information content (AvgIpc) is 3.48. The third kappa shape index (κ3) is 5.35. The molecule has 0 saturated heterocycles. The summed E-state index contributed by atoms with van der Waals surface area (Å²) in [6, 6.07) is 14.5. The third-order valence-corrected chi connectivity index (χ3v) is 6.21. The van der Waals surface area contributed by atoms with Gasteiger partial charge in [-0.15, -0.1) is 10.2 Å². The van der Waals surface area contributed by atoms with Crippen LogP contribution in [0.15, 0.2) is 72.0 Å². The maximum atomic E-state index is 11.9. The lowest BCUT2D eigenvalue weighted by Crippen LogP contribution is -1.96. The summed E-state index contributed by atoms with van der Waals surface area (Å²) in [5.41, 5.74) is 2.55. The summed E-state index contributed by atoms with van der Waals surface area (Å²) < 4.78 is 22.9. The van der Waals surface area contributed by atoms with Gasteiger partial charge in [-0.05, 0) is 60.6 Å². The largest absolute Gasteiger partial charge is 0.497 e. The summed E-state index contributed by atoms with van der Waals surface area (Å²) in [5, 5.41) is 17.7. The Hall–Kier alpha value is -3.50. The van der Waals surface area contributed by atoms with Gasteiger partial charge in [0.05, 0.1) is 14.2 Å². The zero-order valence-electron chi connectivity index (χ0n) is 18.4. The van der Waals surface area contributed by atoms with Crippen LogP contribution in [-0.4, -0.2) is 35.5 Å². The normalized spacial score (nSPS) is 11.5. The summed E-state index contributed by atoms with van der Waals surface area (Å²) in [6.45, 7) is 1.99. The van der Waals surface area contributed by atoms with Gasteiger partial charge < -0.3 is 23.4 Å². The summed E-state index contributed by atoms with van der Waals surface area (Å²) in [6.07, 6.45) is 1.41. The van der Waals surface area contributed by atoms with Crippen molar-refractivity contribution in [3.8, 4) is 34.3 Å². The molecule has 2 aromatic carbocycles. The van der Waals surface area contributed by atoms with E-state index in [1.807, 2.05) is 25.1 Å². The van der Waals surface area contributed by atoms with Crippen molar-refractivity contribution in [1.82, 2.24) is 10.2 Å². The highest BCUT2D eigenvalue weighted by Crippen LogP contribution is 2.35. The van der Waals surface area contributed by atoms with Crippen molar-refractivity contribution in [3.05, 3.63) is 69.2 Å². The number of aliphatic carboxylic acids is 1. The number of hydrogen-bond acceptors (Lipinski definition) is 8. The fourth-order valence-electron chi connectivity index (χ4n) is 3.05. The highest BCUT2D eigenvalue weighted by molar-refractivity contribution is 9.10. The Balaban J connectivity index is 1.58. The number of furan rings is 1. The van der Waals surface area contributed by atoms with Crippen LogP contribution >= 0.6 is 27.7 Å². The molecule has 0 saturated carbocycles. The van der Waals surface area contributed by atoms with Crippen LogP contribution in [0.5, 0.6) is 11.5 Å². The van der Waals surface area contributed by atoms with Crippen LogP contribution in [0.4, 0.5) is 0 Å². The van der Waals surface area contributed by atoms with E-state index in [4.69, 9.17) is 18.3 Å². The minimum absolute atomic E-state index is 0.0395. The van der Waals surface area contributed by atoms with Crippen LogP contribution in [0.25, 0.3) is 28.9 Å². The van der Waals surface area contributed by atoms with Gasteiger partial charge in [-0.1, -0.05) is 22.0 Å². The Morgan fingerprint density at radius 1 is 1.03 bits per heavy atom. The first-order valence-corrected chi connectivity index (χ1v) is 11.5. The van der Waals surface area contributed by atoms with Crippen molar-refractivity contribution in [2.45, 2.75) is 12.1 Å². The second-order valence-electron chi connectivity index (χ2n) is 7.08. The molecule has 2 aromatic heterocycles. The molecule has 0 atom stereocenters. The first kappa shape index (κ1) is 23.7. The summed E-state index contributed by atoms with van der Waals surface area (Å²) in [5.74, 6) is 1.16. The molecular weight excluding hydrogens is 524 g/mol. The Bertz CT molecular complexity index is 1360. The van der Waals surface area contributed by atoms with Gasteiger partial charge in [0.2, 0.25) is 5.89 Å². The highest BCUT2D eigenvalue weighted by Gasteiger charge is 2.18. The molecule has 1 N–H and O–H groups in total. The number of carboxylic acids is 1. The Morgan fingerprint density at radius 3 is 2.41 bits per heavy atom. The van der Waals surface area contributed by atoms with Gasteiger partial charge in [0, 0.05) is 27.7 Å². The monoisotopic (exact) mass is 542 g/mol. The minimum Gasteiger partial charge on any atom is -0.497 e. The number of methoxy groups -OCH3 is 2. The number of hydrogen-bond donors (Lipinski definition) is 1. The number of aromatic nitrogens is 2. The van der Waals surface area contributed by atoms with E-state index in [0.717, 1.165) is 27.4 Å². The van der Waals surface area contributed by atoms with Gasteiger partial charge in [-0.3, -0.25) is 0 Å². The molecule has 2 heterocycles. The molecule has 0 aliphatic carbocycles. The third-order valence-electron chi connectivity index (χ3n) is 4.70. The van der Waals surface area contributed by atoms with E-state index >= 15 is 0 Å². The van der Waals surface area contributed by atoms with E-state index in [0.29, 0.717) is 28.6 Å². The lowest BCUT2D eigenvalue weighted by molar-refractivity contribution is -0.131. The molecule has 8 nitrogen and oxygen atoms in total. The number of carboxylic acid groups (broad SMARTS) is 1. The quantitative estimate of drug-likeness (QED) is 0.202. The number of halogens is 1. The molecular formula is C24H19BrN2O6S. The predicted octanol–water partition coefficient (Wildman–Crippen LogP) is 6.30. The standard InChI is InChI=1S/C24H19BrN2O6S/c1-13-4-6-18(19(25)8-13)20-7-5-15(32-20)12-21(23(28)29)34-24-27-26-22(33-24)14-9-16(30-2)11-17(10-14)31-3/h4-12H,1-3H3,(H,28,29)/b21-12-. The topological polar surface area (TPSA) is 108 Å². The van der Waals surface area contributed by atoms with Gasteiger partial charge in [-0.2, -0.15) is 0 Å². The van der Waals surface area contributed by atoms with Crippen LogP contribution in [0.1, 0.15) is 11.3 Å². The van der Waals surface area contributed by atoms with E-state index in [2.05, 4.69) is 26.1 Å². The van der Waals surface area contributed by atoms with Crippen molar-refractivity contribution < 1.29 is 28.2 Å². The molecule has 4 aromatic rings. The molecule has 0 aliphatic rings. The number of aryl methyl sites for hydroxylation is 1. The molecule has 34 heavy (non-hydrogen) atoms. The summed E-state index contributed by atoms with van der Waals surface area (Å²) >= 11 is 4.36. The molecule has 174 valence electrons. The summed E-state index contributed by atoms with van der Waals surface area (Å²) in [7, 11) is 3.07. The number of thioether (sulfide) groups is 1. The average molecular weight is 543 g/mol. The van der Waals surface area contributed by atoms with Gasteiger partial charge in [0.25, 0.3) is 5.22 Å². The fourth-order valence-corrected chi connectivity index (χ4v) is 4.39. The minimum atomic E-state index is -1.15. The second kappa shape index (κ2) is 10.2. The highest BCUT2D eigenvalue weighted by atomic mass is 79.9. The van der Waals surface area contributed by atoms with Crippen LogP contribution in [0.3, 0.4) is 0 Å². The molecule has 0 radical (unpaired) electrons. The Kier molecular flexibility index (Phi) is 7.09. The molecule has 0 unspecified atom stereocenters. The van der Waals surface area contributed by atoms with Gasteiger partial charge in [-0.25, -0.2) is 4.79 Å². The molecule has 0 fully saturated rings. The fraction of sp³-hybridized carbons (Fsp3) is 0.125. The maximum absolute atomic E-state index is 11.9. The SMILES string of the molecule is COc1cc(OC)cc(-c2nnc(S/C(=C\c3ccc(-c4ccc(C)cc4Br)o3)C(=O)O)o2)c1. The Labute approximate surface area is 207 Å². The smallest absolute Gasteiger partial charge is 0.342 e.